The number of carbonyl (C=O) groups excluding carboxylic acids is 1. The molecule has 3 N–H and O–H groups in total. The second kappa shape index (κ2) is 7.88. The predicted octanol–water partition coefficient (Wildman–Crippen LogP) is 2.44. The van der Waals surface area contributed by atoms with Gasteiger partial charge < -0.3 is 20.7 Å². The van der Waals surface area contributed by atoms with Gasteiger partial charge in [0.25, 0.3) is 0 Å². The zero-order chi connectivity index (χ0) is 16.0. The van der Waals surface area contributed by atoms with Gasteiger partial charge in [-0.25, -0.2) is 4.79 Å². The highest BCUT2D eigenvalue weighted by Crippen LogP contribution is 2.22. The Morgan fingerprint density at radius 3 is 2.57 bits per heavy atom. The van der Waals surface area contributed by atoms with E-state index in [9.17, 15) is 4.79 Å². The first kappa shape index (κ1) is 17.3. The summed E-state index contributed by atoms with van der Waals surface area (Å²) in [5, 5.41) is 3.45. The number of anilines is 2. The third-order valence-electron chi connectivity index (χ3n) is 3.15. The molecular formula is C16H27N3O2. The molecule has 1 aromatic carbocycles. The van der Waals surface area contributed by atoms with Crippen LogP contribution in [0.3, 0.4) is 0 Å². The summed E-state index contributed by atoms with van der Waals surface area (Å²) in [5.41, 5.74) is 7.56. The summed E-state index contributed by atoms with van der Waals surface area (Å²) < 4.78 is 4.83. The van der Waals surface area contributed by atoms with Gasteiger partial charge in [-0.05, 0) is 44.6 Å². The molecule has 1 aromatic rings. The van der Waals surface area contributed by atoms with Crippen molar-refractivity contribution in [3.05, 3.63) is 23.8 Å². The number of nitrogen functional groups attached to an aromatic ring is 1. The van der Waals surface area contributed by atoms with Crippen LogP contribution in [0.2, 0.25) is 0 Å². The average molecular weight is 293 g/mol. The van der Waals surface area contributed by atoms with Crippen LogP contribution in [0.4, 0.5) is 11.4 Å². The molecule has 0 heterocycles. The number of hydrogen-bond donors (Lipinski definition) is 2. The quantitative estimate of drug-likeness (QED) is 0.597. The van der Waals surface area contributed by atoms with Crippen LogP contribution in [0.15, 0.2) is 18.2 Å². The summed E-state index contributed by atoms with van der Waals surface area (Å²) in [6.07, 6.45) is 1.02. The highest BCUT2D eigenvalue weighted by Gasteiger charge is 2.17. The van der Waals surface area contributed by atoms with Crippen molar-refractivity contribution in [2.24, 2.45) is 5.92 Å². The molecule has 0 radical (unpaired) electrons. The lowest BCUT2D eigenvalue weighted by Gasteiger charge is -2.26. The topological polar surface area (TPSA) is 67.6 Å². The molecule has 0 aliphatic rings. The molecule has 1 atom stereocenters. The number of nitrogens with two attached hydrogens (primary N) is 1. The Morgan fingerprint density at radius 1 is 1.38 bits per heavy atom. The van der Waals surface area contributed by atoms with E-state index in [1.165, 1.54) is 7.11 Å². The summed E-state index contributed by atoms with van der Waals surface area (Å²) in [4.78, 5) is 14.0. The van der Waals surface area contributed by atoms with Crippen LogP contribution in [0.5, 0.6) is 0 Å². The smallest absolute Gasteiger partial charge is 0.340 e. The average Bonchev–Trinajstić information content (AvgIpc) is 2.38. The van der Waals surface area contributed by atoms with Crippen LogP contribution in [0.25, 0.3) is 0 Å². The SMILES string of the molecule is COC(=O)c1cc(N)ccc1NC(CC(C)C)CN(C)C. The van der Waals surface area contributed by atoms with Crippen LogP contribution in [0.1, 0.15) is 30.6 Å². The first-order chi connectivity index (χ1) is 9.83. The Labute approximate surface area is 127 Å². The second-order valence-electron chi connectivity index (χ2n) is 6.03. The van der Waals surface area contributed by atoms with Gasteiger partial charge in [-0.15, -0.1) is 0 Å². The largest absolute Gasteiger partial charge is 0.465 e. The lowest BCUT2D eigenvalue weighted by atomic mass is 10.0. The Kier molecular flexibility index (Phi) is 6.49. The molecule has 0 saturated carbocycles. The number of likely N-dealkylation sites (N-methyl/N-ethyl adjacent to an activating group) is 1. The van der Waals surface area contributed by atoms with E-state index >= 15 is 0 Å². The summed E-state index contributed by atoms with van der Waals surface area (Å²) in [6, 6.07) is 5.53. The van der Waals surface area contributed by atoms with Gasteiger partial charge in [-0.2, -0.15) is 0 Å². The number of carbonyl (C=O) groups is 1. The lowest BCUT2D eigenvalue weighted by molar-refractivity contribution is 0.0602. The molecule has 0 bridgehead atoms. The van der Waals surface area contributed by atoms with Crippen molar-refractivity contribution < 1.29 is 9.53 Å². The van der Waals surface area contributed by atoms with E-state index in [1.807, 2.05) is 20.2 Å². The molecule has 21 heavy (non-hydrogen) atoms. The fourth-order valence-electron chi connectivity index (χ4n) is 2.38. The molecule has 0 aliphatic carbocycles. The maximum absolute atomic E-state index is 11.9. The summed E-state index contributed by atoms with van der Waals surface area (Å²) in [6.45, 7) is 5.27. The fraction of sp³-hybridized carbons (Fsp3) is 0.562. The fourth-order valence-corrected chi connectivity index (χ4v) is 2.38. The molecule has 0 amide bonds. The van der Waals surface area contributed by atoms with Crippen LogP contribution in [0, 0.1) is 5.92 Å². The summed E-state index contributed by atoms with van der Waals surface area (Å²) >= 11 is 0. The van der Waals surface area contributed by atoms with Gasteiger partial charge >= 0.3 is 5.97 Å². The van der Waals surface area contributed by atoms with Gasteiger partial charge in [0.2, 0.25) is 0 Å². The van der Waals surface area contributed by atoms with Crippen molar-refractivity contribution in [2.45, 2.75) is 26.3 Å². The van der Waals surface area contributed by atoms with E-state index in [4.69, 9.17) is 10.5 Å². The summed E-state index contributed by atoms with van der Waals surface area (Å²) in [5.74, 6) is 0.191. The lowest BCUT2D eigenvalue weighted by Crippen LogP contribution is -2.34. The maximum atomic E-state index is 11.9. The number of nitrogens with zero attached hydrogens (tertiary/aromatic N) is 1. The predicted molar refractivity (Wildman–Crippen MR) is 87.6 cm³/mol. The van der Waals surface area contributed by atoms with Crippen LogP contribution >= 0.6 is 0 Å². The van der Waals surface area contributed by atoms with Crippen molar-refractivity contribution in [1.82, 2.24) is 4.90 Å². The van der Waals surface area contributed by atoms with Crippen molar-refractivity contribution in [3.8, 4) is 0 Å². The van der Waals surface area contributed by atoms with E-state index in [0.717, 1.165) is 18.7 Å². The van der Waals surface area contributed by atoms with Crippen molar-refractivity contribution >= 4 is 17.3 Å². The first-order valence-corrected chi connectivity index (χ1v) is 7.22. The molecule has 1 rings (SSSR count). The van der Waals surface area contributed by atoms with E-state index in [2.05, 4.69) is 24.1 Å². The van der Waals surface area contributed by atoms with Crippen molar-refractivity contribution in [2.75, 3.05) is 38.8 Å². The molecule has 5 heteroatoms. The minimum atomic E-state index is -0.377. The molecule has 0 spiro atoms. The van der Waals surface area contributed by atoms with Crippen molar-refractivity contribution in [3.63, 3.8) is 0 Å². The molecule has 118 valence electrons. The molecule has 0 fully saturated rings. The molecule has 1 unspecified atom stereocenters. The molecule has 5 nitrogen and oxygen atoms in total. The Hall–Kier alpha value is -1.75. The number of methoxy groups -OCH3 is 1. The molecular weight excluding hydrogens is 266 g/mol. The van der Waals surface area contributed by atoms with Gasteiger partial charge in [-0.3, -0.25) is 0 Å². The van der Waals surface area contributed by atoms with E-state index in [0.29, 0.717) is 17.2 Å². The molecule has 0 saturated heterocycles. The van der Waals surface area contributed by atoms with Gasteiger partial charge in [0, 0.05) is 24.0 Å². The third-order valence-corrected chi connectivity index (χ3v) is 3.15. The highest BCUT2D eigenvalue weighted by atomic mass is 16.5. The van der Waals surface area contributed by atoms with Crippen LogP contribution in [-0.4, -0.2) is 44.7 Å². The van der Waals surface area contributed by atoms with Crippen molar-refractivity contribution in [1.29, 1.82) is 0 Å². The number of hydrogen-bond acceptors (Lipinski definition) is 5. The number of ether oxygens (including phenoxy) is 1. The van der Waals surface area contributed by atoms with Crippen LogP contribution in [-0.2, 0) is 4.74 Å². The Bertz CT molecular complexity index is 463. The van der Waals surface area contributed by atoms with E-state index in [1.54, 1.807) is 12.1 Å². The first-order valence-electron chi connectivity index (χ1n) is 7.22. The summed E-state index contributed by atoms with van der Waals surface area (Å²) in [7, 11) is 5.46. The number of esters is 1. The minimum Gasteiger partial charge on any atom is -0.465 e. The number of rotatable bonds is 7. The normalized spacial score (nSPS) is 12.5. The van der Waals surface area contributed by atoms with Gasteiger partial charge in [0.15, 0.2) is 0 Å². The maximum Gasteiger partial charge on any atom is 0.340 e. The zero-order valence-corrected chi connectivity index (χ0v) is 13.6. The number of benzene rings is 1. The standard InChI is InChI=1S/C16H27N3O2/c1-11(2)8-13(10-19(3)4)18-15-7-6-12(17)9-14(15)16(20)21-5/h6-7,9,11,13,18H,8,10,17H2,1-5H3. The Morgan fingerprint density at radius 2 is 2.05 bits per heavy atom. The molecule has 0 aliphatic heterocycles. The minimum absolute atomic E-state index is 0.257. The second-order valence-corrected chi connectivity index (χ2v) is 6.03. The van der Waals surface area contributed by atoms with E-state index in [-0.39, 0.29) is 12.0 Å². The highest BCUT2D eigenvalue weighted by molar-refractivity contribution is 5.96. The monoisotopic (exact) mass is 293 g/mol. The van der Waals surface area contributed by atoms with Crippen LogP contribution < -0.4 is 11.1 Å². The Balaban J connectivity index is 2.99. The molecule has 0 aromatic heterocycles. The van der Waals surface area contributed by atoms with Gasteiger partial charge in [0.05, 0.1) is 12.7 Å². The zero-order valence-electron chi connectivity index (χ0n) is 13.6. The van der Waals surface area contributed by atoms with E-state index < -0.39 is 0 Å². The third kappa shape index (κ3) is 5.63. The van der Waals surface area contributed by atoms with Gasteiger partial charge in [0.1, 0.15) is 0 Å². The van der Waals surface area contributed by atoms with Gasteiger partial charge in [-0.1, -0.05) is 13.8 Å². The number of nitrogens with one attached hydrogen (secondary N) is 1.